The first-order chi connectivity index (χ1) is 7.74. The fourth-order valence-electron chi connectivity index (χ4n) is 2.39. The van der Waals surface area contributed by atoms with E-state index in [0.717, 1.165) is 6.04 Å². The fraction of sp³-hybridized carbons (Fsp3) is 1.00. The van der Waals surface area contributed by atoms with Crippen LogP contribution in [0.4, 0.5) is 0 Å². The first-order valence-electron chi connectivity index (χ1n) is 6.83. The van der Waals surface area contributed by atoms with Gasteiger partial charge >= 0.3 is 0 Å². The minimum Gasteiger partial charge on any atom is -0.317 e. The van der Waals surface area contributed by atoms with Gasteiger partial charge in [0.25, 0.3) is 0 Å². The average Bonchev–Trinajstić information content (AvgIpc) is 2.29. The van der Waals surface area contributed by atoms with Crippen LogP contribution < -0.4 is 5.32 Å². The second kappa shape index (κ2) is 8.04. The summed E-state index contributed by atoms with van der Waals surface area (Å²) in [6.45, 7) is 8.42. The highest BCUT2D eigenvalue weighted by molar-refractivity contribution is 4.76. The Morgan fingerprint density at radius 2 is 1.88 bits per heavy atom. The predicted molar refractivity (Wildman–Crippen MR) is 70.9 cm³/mol. The largest absolute Gasteiger partial charge is 0.317 e. The van der Waals surface area contributed by atoms with Gasteiger partial charge in [0.2, 0.25) is 0 Å². The van der Waals surface area contributed by atoms with E-state index in [0.29, 0.717) is 0 Å². The molecule has 0 unspecified atom stereocenters. The molecule has 0 aromatic rings. The Kier molecular flexibility index (Phi) is 7.01. The van der Waals surface area contributed by atoms with Gasteiger partial charge in [-0.15, -0.1) is 0 Å². The zero-order chi connectivity index (χ0) is 11.8. The number of nitrogens with one attached hydrogen (secondary N) is 1. The quantitative estimate of drug-likeness (QED) is 0.663. The van der Waals surface area contributed by atoms with Crippen LogP contribution in [0.1, 0.15) is 32.6 Å². The molecule has 16 heavy (non-hydrogen) atoms. The number of rotatable bonds is 7. The zero-order valence-corrected chi connectivity index (χ0v) is 11.3. The summed E-state index contributed by atoms with van der Waals surface area (Å²) in [7, 11) is 4.41. The Hall–Kier alpha value is -0.120. The van der Waals surface area contributed by atoms with Crippen molar-refractivity contribution in [1.29, 1.82) is 0 Å². The van der Waals surface area contributed by atoms with E-state index in [1.54, 1.807) is 0 Å². The molecule has 0 atom stereocenters. The Balaban J connectivity index is 1.99. The summed E-state index contributed by atoms with van der Waals surface area (Å²) < 4.78 is 0. The van der Waals surface area contributed by atoms with E-state index >= 15 is 0 Å². The summed E-state index contributed by atoms with van der Waals surface area (Å²) in [6, 6.07) is 0.814. The van der Waals surface area contributed by atoms with Gasteiger partial charge in [-0.1, -0.05) is 6.92 Å². The number of nitrogens with zero attached hydrogens (tertiary/aromatic N) is 2. The van der Waals surface area contributed by atoms with Gasteiger partial charge in [0.1, 0.15) is 0 Å². The van der Waals surface area contributed by atoms with Gasteiger partial charge in [0.05, 0.1) is 0 Å². The van der Waals surface area contributed by atoms with Gasteiger partial charge < -0.3 is 15.1 Å². The van der Waals surface area contributed by atoms with Crippen LogP contribution in [-0.2, 0) is 0 Å². The standard InChI is InChI=1S/C13H29N3/c1-4-8-14-9-5-10-16-11-6-13(7-12-16)15(2)3/h13-14H,4-12H2,1-3H3. The lowest BCUT2D eigenvalue weighted by Gasteiger charge is -2.35. The van der Waals surface area contributed by atoms with Crippen LogP contribution in [0.25, 0.3) is 0 Å². The highest BCUT2D eigenvalue weighted by Gasteiger charge is 2.19. The fourth-order valence-corrected chi connectivity index (χ4v) is 2.39. The highest BCUT2D eigenvalue weighted by atomic mass is 15.2. The van der Waals surface area contributed by atoms with Gasteiger partial charge in [-0.05, 0) is 72.5 Å². The highest BCUT2D eigenvalue weighted by Crippen LogP contribution is 2.13. The van der Waals surface area contributed by atoms with Crippen molar-refractivity contribution in [1.82, 2.24) is 15.1 Å². The summed E-state index contributed by atoms with van der Waals surface area (Å²) in [5.74, 6) is 0. The minimum absolute atomic E-state index is 0.814. The molecule has 3 nitrogen and oxygen atoms in total. The molecule has 0 aromatic heterocycles. The first kappa shape index (κ1) is 13.9. The lowest BCUT2D eigenvalue weighted by atomic mass is 10.0. The number of likely N-dealkylation sites (tertiary alicyclic amines) is 1. The molecule has 0 aromatic carbocycles. The topological polar surface area (TPSA) is 18.5 Å². The molecule has 1 rings (SSSR count). The molecule has 3 heteroatoms. The van der Waals surface area contributed by atoms with Crippen LogP contribution in [0.5, 0.6) is 0 Å². The Bertz CT molecular complexity index is 163. The van der Waals surface area contributed by atoms with Gasteiger partial charge in [-0.2, -0.15) is 0 Å². The molecule has 0 saturated carbocycles. The Morgan fingerprint density at radius 1 is 1.19 bits per heavy atom. The van der Waals surface area contributed by atoms with Gasteiger partial charge in [-0.3, -0.25) is 0 Å². The molecule has 0 aliphatic carbocycles. The van der Waals surface area contributed by atoms with Crippen molar-refractivity contribution in [3.63, 3.8) is 0 Å². The van der Waals surface area contributed by atoms with Crippen molar-refractivity contribution in [3.8, 4) is 0 Å². The van der Waals surface area contributed by atoms with E-state index in [2.05, 4.69) is 36.1 Å². The molecule has 0 bridgehead atoms. The van der Waals surface area contributed by atoms with Crippen molar-refractivity contribution < 1.29 is 0 Å². The molecule has 1 heterocycles. The summed E-state index contributed by atoms with van der Waals surface area (Å²) in [4.78, 5) is 4.99. The molecular weight excluding hydrogens is 198 g/mol. The zero-order valence-electron chi connectivity index (χ0n) is 11.3. The van der Waals surface area contributed by atoms with Crippen LogP contribution in [0, 0.1) is 0 Å². The molecule has 96 valence electrons. The number of piperidine rings is 1. The van der Waals surface area contributed by atoms with E-state index < -0.39 is 0 Å². The normalized spacial score (nSPS) is 19.5. The summed E-state index contributed by atoms with van der Waals surface area (Å²) >= 11 is 0. The molecule has 0 amide bonds. The lowest BCUT2D eigenvalue weighted by molar-refractivity contribution is 0.144. The molecule has 1 saturated heterocycles. The maximum Gasteiger partial charge on any atom is 0.0113 e. The van der Waals surface area contributed by atoms with Crippen molar-refractivity contribution >= 4 is 0 Å². The van der Waals surface area contributed by atoms with Crippen molar-refractivity contribution in [2.45, 2.75) is 38.6 Å². The SMILES string of the molecule is CCCNCCCN1CCC(N(C)C)CC1. The third-order valence-electron chi connectivity index (χ3n) is 3.54. The van der Waals surface area contributed by atoms with Gasteiger partial charge in [-0.25, -0.2) is 0 Å². The van der Waals surface area contributed by atoms with Crippen molar-refractivity contribution in [2.24, 2.45) is 0 Å². The lowest BCUT2D eigenvalue weighted by Crippen LogP contribution is -2.42. The van der Waals surface area contributed by atoms with Gasteiger partial charge in [0.15, 0.2) is 0 Å². The van der Waals surface area contributed by atoms with E-state index in [4.69, 9.17) is 0 Å². The third-order valence-corrected chi connectivity index (χ3v) is 3.54. The first-order valence-corrected chi connectivity index (χ1v) is 6.83. The number of hydrogen-bond acceptors (Lipinski definition) is 3. The number of hydrogen-bond donors (Lipinski definition) is 1. The monoisotopic (exact) mass is 227 g/mol. The van der Waals surface area contributed by atoms with Crippen LogP contribution >= 0.6 is 0 Å². The smallest absolute Gasteiger partial charge is 0.0113 e. The predicted octanol–water partition coefficient (Wildman–Crippen LogP) is 1.40. The van der Waals surface area contributed by atoms with Gasteiger partial charge in [0, 0.05) is 6.04 Å². The average molecular weight is 227 g/mol. The van der Waals surface area contributed by atoms with Crippen LogP contribution in [0.15, 0.2) is 0 Å². The molecular formula is C13H29N3. The molecule has 0 spiro atoms. The minimum atomic E-state index is 0.814. The maximum absolute atomic E-state index is 3.47. The summed E-state index contributed by atoms with van der Waals surface area (Å²) in [5, 5.41) is 3.47. The summed E-state index contributed by atoms with van der Waals surface area (Å²) in [6.07, 6.45) is 5.23. The van der Waals surface area contributed by atoms with Crippen molar-refractivity contribution in [3.05, 3.63) is 0 Å². The Morgan fingerprint density at radius 3 is 2.44 bits per heavy atom. The van der Waals surface area contributed by atoms with E-state index in [1.165, 1.54) is 58.4 Å². The maximum atomic E-state index is 3.47. The third kappa shape index (κ3) is 5.28. The molecule has 1 N–H and O–H groups in total. The van der Waals surface area contributed by atoms with Crippen molar-refractivity contribution in [2.75, 3.05) is 46.8 Å². The van der Waals surface area contributed by atoms with Crippen LogP contribution in [0.3, 0.4) is 0 Å². The molecule has 1 aliphatic heterocycles. The van der Waals surface area contributed by atoms with E-state index in [-0.39, 0.29) is 0 Å². The van der Waals surface area contributed by atoms with Crippen LogP contribution in [0.2, 0.25) is 0 Å². The molecule has 1 fully saturated rings. The van der Waals surface area contributed by atoms with Crippen LogP contribution in [-0.4, -0.2) is 62.7 Å². The molecule has 1 aliphatic rings. The molecule has 0 radical (unpaired) electrons. The van der Waals surface area contributed by atoms with E-state index in [1.807, 2.05) is 0 Å². The second-order valence-electron chi connectivity index (χ2n) is 5.14. The Labute approximate surface area is 101 Å². The van der Waals surface area contributed by atoms with E-state index in [9.17, 15) is 0 Å². The second-order valence-corrected chi connectivity index (χ2v) is 5.14. The summed E-state index contributed by atoms with van der Waals surface area (Å²) in [5.41, 5.74) is 0.